The maximum Gasteiger partial charge on any atom is 0.266 e. The van der Waals surface area contributed by atoms with E-state index in [2.05, 4.69) is 15.9 Å². The SMILES string of the molecule is Cc1ccc2c(c1)C(=O)N(c1c(F)cc(Br)cc1F)C2=O. The Morgan fingerprint density at radius 1 is 0.952 bits per heavy atom. The molecule has 1 heterocycles. The Kier molecular flexibility index (Phi) is 3.13. The number of benzene rings is 2. The van der Waals surface area contributed by atoms with Gasteiger partial charge in [-0.15, -0.1) is 0 Å². The van der Waals surface area contributed by atoms with Gasteiger partial charge in [0.1, 0.15) is 5.69 Å². The van der Waals surface area contributed by atoms with Crippen molar-refractivity contribution in [1.29, 1.82) is 0 Å². The van der Waals surface area contributed by atoms with Crippen molar-refractivity contribution in [2.45, 2.75) is 6.92 Å². The summed E-state index contributed by atoms with van der Waals surface area (Å²) < 4.78 is 28.2. The molecule has 3 nitrogen and oxygen atoms in total. The second kappa shape index (κ2) is 4.73. The molecule has 0 atom stereocenters. The smallest absolute Gasteiger partial charge is 0.266 e. The van der Waals surface area contributed by atoms with Crippen LogP contribution in [0, 0.1) is 18.6 Å². The van der Waals surface area contributed by atoms with Gasteiger partial charge in [-0.2, -0.15) is 0 Å². The van der Waals surface area contributed by atoms with E-state index in [9.17, 15) is 18.4 Å². The first kappa shape index (κ1) is 13.9. The summed E-state index contributed by atoms with van der Waals surface area (Å²) in [6, 6.07) is 6.70. The Balaban J connectivity index is 2.19. The van der Waals surface area contributed by atoms with Gasteiger partial charge in [0.05, 0.1) is 11.1 Å². The zero-order chi connectivity index (χ0) is 15.3. The lowest BCUT2D eigenvalue weighted by molar-refractivity contribution is 0.0923. The standard InChI is InChI=1S/C15H8BrF2NO2/c1-7-2-3-9-10(4-7)15(21)19(14(9)20)13-11(17)5-8(16)6-12(13)18/h2-6H,1H3. The molecule has 2 aromatic rings. The largest absolute Gasteiger partial charge is 0.268 e. The van der Waals surface area contributed by atoms with Crippen molar-refractivity contribution < 1.29 is 18.4 Å². The van der Waals surface area contributed by atoms with Crippen LogP contribution in [0.1, 0.15) is 26.3 Å². The number of anilines is 1. The quantitative estimate of drug-likeness (QED) is 0.732. The third kappa shape index (κ3) is 2.06. The highest BCUT2D eigenvalue weighted by Gasteiger charge is 2.39. The van der Waals surface area contributed by atoms with Gasteiger partial charge >= 0.3 is 0 Å². The number of nitrogens with zero attached hydrogens (tertiary/aromatic N) is 1. The molecule has 2 aromatic carbocycles. The lowest BCUT2D eigenvalue weighted by atomic mass is 10.1. The van der Waals surface area contributed by atoms with Crippen LogP contribution in [0.25, 0.3) is 0 Å². The molecule has 2 amide bonds. The van der Waals surface area contributed by atoms with Gasteiger partial charge in [0.25, 0.3) is 11.8 Å². The molecule has 0 N–H and O–H groups in total. The van der Waals surface area contributed by atoms with Crippen LogP contribution >= 0.6 is 15.9 Å². The maximum absolute atomic E-state index is 14.0. The summed E-state index contributed by atoms with van der Waals surface area (Å²) >= 11 is 2.96. The molecule has 106 valence electrons. The molecule has 0 fully saturated rings. The summed E-state index contributed by atoms with van der Waals surface area (Å²) in [5, 5.41) is 0. The average Bonchev–Trinajstić information content (AvgIpc) is 2.62. The molecule has 0 radical (unpaired) electrons. The Labute approximate surface area is 127 Å². The van der Waals surface area contributed by atoms with Crippen molar-refractivity contribution >= 4 is 33.4 Å². The summed E-state index contributed by atoms with van der Waals surface area (Å²) in [7, 11) is 0. The van der Waals surface area contributed by atoms with E-state index in [4.69, 9.17) is 0 Å². The van der Waals surface area contributed by atoms with Gasteiger partial charge < -0.3 is 0 Å². The third-order valence-electron chi connectivity index (χ3n) is 3.25. The van der Waals surface area contributed by atoms with Crippen molar-refractivity contribution in [2.75, 3.05) is 4.90 Å². The van der Waals surface area contributed by atoms with Gasteiger partial charge in [-0.3, -0.25) is 9.59 Å². The molecule has 1 aliphatic heterocycles. The van der Waals surface area contributed by atoms with E-state index in [1.54, 1.807) is 13.0 Å². The van der Waals surface area contributed by atoms with E-state index in [1.807, 2.05) is 0 Å². The monoisotopic (exact) mass is 351 g/mol. The molecule has 0 bridgehead atoms. The van der Waals surface area contributed by atoms with Gasteiger partial charge in [0.2, 0.25) is 0 Å². The molecule has 0 aliphatic carbocycles. The van der Waals surface area contributed by atoms with Gasteiger partial charge in [0.15, 0.2) is 11.6 Å². The van der Waals surface area contributed by atoms with Crippen LogP contribution in [-0.2, 0) is 0 Å². The van der Waals surface area contributed by atoms with Gasteiger partial charge in [-0.05, 0) is 31.2 Å². The van der Waals surface area contributed by atoms with E-state index in [1.165, 1.54) is 12.1 Å². The van der Waals surface area contributed by atoms with Gasteiger partial charge in [-0.1, -0.05) is 27.6 Å². The molecule has 0 aromatic heterocycles. The fourth-order valence-electron chi connectivity index (χ4n) is 2.31. The number of aryl methyl sites for hydroxylation is 1. The van der Waals surface area contributed by atoms with Crippen molar-refractivity contribution in [1.82, 2.24) is 0 Å². The number of carbonyl (C=O) groups excluding carboxylic acids is 2. The normalized spacial score (nSPS) is 13.8. The Hall–Kier alpha value is -2.08. The number of carbonyl (C=O) groups is 2. The Morgan fingerprint density at radius 3 is 2.14 bits per heavy atom. The number of rotatable bonds is 1. The summed E-state index contributed by atoms with van der Waals surface area (Å²) in [6.07, 6.45) is 0. The number of hydrogen-bond donors (Lipinski definition) is 0. The summed E-state index contributed by atoms with van der Waals surface area (Å²) in [5.74, 6) is -3.41. The highest BCUT2D eigenvalue weighted by Crippen LogP contribution is 2.34. The molecule has 1 aliphatic rings. The first-order valence-corrected chi connectivity index (χ1v) is 6.83. The molecular formula is C15H8BrF2NO2. The van der Waals surface area contributed by atoms with Crippen molar-refractivity contribution in [3.05, 3.63) is 63.1 Å². The second-order valence-corrected chi connectivity index (χ2v) is 5.63. The summed E-state index contributed by atoms with van der Waals surface area (Å²) in [5.41, 5.74) is 0.435. The highest BCUT2D eigenvalue weighted by molar-refractivity contribution is 9.10. The highest BCUT2D eigenvalue weighted by atomic mass is 79.9. The van der Waals surface area contributed by atoms with Crippen LogP contribution < -0.4 is 4.90 Å². The van der Waals surface area contributed by atoms with Crippen LogP contribution in [0.4, 0.5) is 14.5 Å². The molecule has 0 spiro atoms. The van der Waals surface area contributed by atoms with Crippen molar-refractivity contribution in [3.63, 3.8) is 0 Å². The first-order valence-electron chi connectivity index (χ1n) is 6.04. The van der Waals surface area contributed by atoms with E-state index >= 15 is 0 Å². The van der Waals surface area contributed by atoms with E-state index in [-0.39, 0.29) is 15.6 Å². The molecule has 6 heteroatoms. The molecule has 3 rings (SSSR count). The Morgan fingerprint density at radius 2 is 1.52 bits per heavy atom. The van der Waals surface area contributed by atoms with Crippen LogP contribution in [0.2, 0.25) is 0 Å². The van der Waals surface area contributed by atoms with Gasteiger partial charge in [0, 0.05) is 4.47 Å². The third-order valence-corrected chi connectivity index (χ3v) is 3.71. The number of halogens is 3. The van der Waals surface area contributed by atoms with Crippen LogP contribution in [0.5, 0.6) is 0 Å². The lowest BCUT2D eigenvalue weighted by Crippen LogP contribution is -2.31. The van der Waals surface area contributed by atoms with Gasteiger partial charge in [-0.25, -0.2) is 13.7 Å². The molecule has 0 unspecified atom stereocenters. The van der Waals surface area contributed by atoms with Crippen molar-refractivity contribution in [3.8, 4) is 0 Å². The number of amides is 2. The molecule has 0 saturated heterocycles. The minimum absolute atomic E-state index is 0.146. The average molecular weight is 352 g/mol. The van der Waals surface area contributed by atoms with E-state index < -0.39 is 29.1 Å². The topological polar surface area (TPSA) is 37.4 Å². The molecule has 0 saturated carbocycles. The second-order valence-electron chi connectivity index (χ2n) is 4.71. The Bertz CT molecular complexity index is 781. The van der Waals surface area contributed by atoms with E-state index in [0.29, 0.717) is 4.90 Å². The minimum Gasteiger partial charge on any atom is -0.268 e. The molecular weight excluding hydrogens is 344 g/mol. The number of imide groups is 1. The van der Waals surface area contributed by atoms with E-state index in [0.717, 1.165) is 17.7 Å². The number of hydrogen-bond acceptors (Lipinski definition) is 2. The predicted octanol–water partition coefficient (Wildman–Crippen LogP) is 3.84. The first-order chi connectivity index (χ1) is 9.90. The lowest BCUT2D eigenvalue weighted by Gasteiger charge is -2.15. The summed E-state index contributed by atoms with van der Waals surface area (Å²) in [4.78, 5) is 25.1. The maximum atomic E-state index is 14.0. The zero-order valence-corrected chi connectivity index (χ0v) is 12.4. The van der Waals surface area contributed by atoms with Crippen LogP contribution in [-0.4, -0.2) is 11.8 Å². The van der Waals surface area contributed by atoms with Crippen molar-refractivity contribution in [2.24, 2.45) is 0 Å². The fraction of sp³-hybridized carbons (Fsp3) is 0.0667. The fourth-order valence-corrected chi connectivity index (χ4v) is 2.71. The molecule has 21 heavy (non-hydrogen) atoms. The predicted molar refractivity (Wildman–Crippen MR) is 76.4 cm³/mol. The van der Waals surface area contributed by atoms with Crippen LogP contribution in [0.3, 0.4) is 0 Å². The zero-order valence-electron chi connectivity index (χ0n) is 10.8. The minimum atomic E-state index is -0.979. The summed E-state index contributed by atoms with van der Waals surface area (Å²) in [6.45, 7) is 1.77. The van der Waals surface area contributed by atoms with Crippen LogP contribution in [0.15, 0.2) is 34.8 Å². The number of fused-ring (bicyclic) bond motifs is 1.